The second-order valence-corrected chi connectivity index (χ2v) is 5.81. The SMILES string of the molecule is CC[C@H]1OC(c2cnc3c(N)nc4ccccc4n23)[C@H](O)[C@@H]1O. The van der Waals surface area contributed by atoms with Crippen molar-refractivity contribution < 1.29 is 14.9 Å². The van der Waals surface area contributed by atoms with Gasteiger partial charge in [0.15, 0.2) is 11.5 Å². The summed E-state index contributed by atoms with van der Waals surface area (Å²) in [5, 5.41) is 20.5. The maximum atomic E-state index is 10.4. The number of aliphatic hydroxyl groups excluding tert-OH is 2. The predicted molar refractivity (Wildman–Crippen MR) is 84.8 cm³/mol. The molecule has 0 radical (unpaired) electrons. The van der Waals surface area contributed by atoms with Crippen LogP contribution in [0.25, 0.3) is 16.7 Å². The predicted octanol–water partition coefficient (Wildman–Crippen LogP) is 1.04. The zero-order valence-corrected chi connectivity index (χ0v) is 12.6. The Bertz CT molecular complexity index is 878. The number of ether oxygens (including phenoxy) is 1. The number of benzene rings is 1. The van der Waals surface area contributed by atoms with E-state index in [1.807, 2.05) is 35.6 Å². The number of rotatable bonds is 2. The van der Waals surface area contributed by atoms with Gasteiger partial charge in [0.05, 0.1) is 29.0 Å². The molecule has 120 valence electrons. The van der Waals surface area contributed by atoms with Gasteiger partial charge < -0.3 is 20.7 Å². The van der Waals surface area contributed by atoms with Gasteiger partial charge in [-0.1, -0.05) is 19.1 Å². The van der Waals surface area contributed by atoms with Crippen molar-refractivity contribution in [2.45, 2.75) is 37.8 Å². The summed E-state index contributed by atoms with van der Waals surface area (Å²) in [5.41, 5.74) is 8.74. The highest BCUT2D eigenvalue weighted by atomic mass is 16.5. The maximum Gasteiger partial charge on any atom is 0.180 e. The molecule has 1 aliphatic rings. The molecule has 23 heavy (non-hydrogen) atoms. The van der Waals surface area contributed by atoms with Crippen LogP contribution in [0.5, 0.6) is 0 Å². The molecule has 1 saturated heterocycles. The van der Waals surface area contributed by atoms with Gasteiger partial charge in [-0.3, -0.25) is 4.40 Å². The number of imidazole rings is 1. The Balaban J connectivity index is 1.95. The highest BCUT2D eigenvalue weighted by Crippen LogP contribution is 2.36. The Kier molecular flexibility index (Phi) is 3.22. The Morgan fingerprint density at radius 2 is 2.04 bits per heavy atom. The van der Waals surface area contributed by atoms with Crippen molar-refractivity contribution >= 4 is 22.5 Å². The van der Waals surface area contributed by atoms with Gasteiger partial charge in [-0.15, -0.1) is 0 Å². The Morgan fingerprint density at radius 3 is 2.78 bits per heavy atom. The Morgan fingerprint density at radius 1 is 1.26 bits per heavy atom. The molecule has 1 aliphatic heterocycles. The van der Waals surface area contributed by atoms with E-state index in [9.17, 15) is 10.2 Å². The first kappa shape index (κ1) is 14.4. The summed E-state index contributed by atoms with van der Waals surface area (Å²) >= 11 is 0. The van der Waals surface area contributed by atoms with Crippen molar-refractivity contribution in [1.29, 1.82) is 0 Å². The van der Waals surface area contributed by atoms with Crippen molar-refractivity contribution in [2.24, 2.45) is 0 Å². The van der Waals surface area contributed by atoms with E-state index >= 15 is 0 Å². The average Bonchev–Trinajstić information content (AvgIpc) is 3.11. The van der Waals surface area contributed by atoms with Gasteiger partial charge >= 0.3 is 0 Å². The van der Waals surface area contributed by atoms with E-state index in [4.69, 9.17) is 10.5 Å². The van der Waals surface area contributed by atoms with Crippen LogP contribution >= 0.6 is 0 Å². The number of nitrogens with zero attached hydrogens (tertiary/aromatic N) is 3. The first-order valence-electron chi connectivity index (χ1n) is 7.65. The standard InChI is InChI=1S/C16H18N4O3/c1-2-11-12(21)13(22)14(23-11)10-7-18-16-15(17)19-8-5-3-4-6-9(8)20(10)16/h3-7,11-14,21-22H,2H2,1H3,(H2,17,19)/t11-,12-,13-,14?/m1/s1. The maximum absolute atomic E-state index is 10.4. The van der Waals surface area contributed by atoms with Crippen molar-refractivity contribution in [3.05, 3.63) is 36.2 Å². The molecule has 4 N–H and O–H groups in total. The molecule has 7 heteroatoms. The van der Waals surface area contributed by atoms with Crippen molar-refractivity contribution in [1.82, 2.24) is 14.4 Å². The molecular weight excluding hydrogens is 296 g/mol. The molecule has 4 rings (SSSR count). The Hall–Kier alpha value is -2.22. The van der Waals surface area contributed by atoms with E-state index in [0.29, 0.717) is 23.6 Å². The number of nitrogen functional groups attached to an aromatic ring is 1. The van der Waals surface area contributed by atoms with E-state index in [-0.39, 0.29) is 0 Å². The van der Waals surface area contributed by atoms with Crippen LogP contribution in [0.3, 0.4) is 0 Å². The molecule has 1 fully saturated rings. The van der Waals surface area contributed by atoms with Crippen LogP contribution in [0.4, 0.5) is 5.82 Å². The summed E-state index contributed by atoms with van der Waals surface area (Å²) < 4.78 is 7.70. The molecule has 7 nitrogen and oxygen atoms in total. The molecule has 0 amide bonds. The molecule has 3 heterocycles. The molecule has 0 aliphatic carbocycles. The smallest absolute Gasteiger partial charge is 0.180 e. The highest BCUT2D eigenvalue weighted by Gasteiger charge is 2.43. The summed E-state index contributed by atoms with van der Waals surface area (Å²) in [7, 11) is 0. The minimum atomic E-state index is -1.01. The summed E-state index contributed by atoms with van der Waals surface area (Å²) in [6, 6.07) is 7.56. The fourth-order valence-corrected chi connectivity index (χ4v) is 3.26. The normalized spacial score (nSPS) is 28.0. The zero-order chi connectivity index (χ0) is 16.1. The lowest BCUT2D eigenvalue weighted by Crippen LogP contribution is -2.30. The van der Waals surface area contributed by atoms with Gasteiger partial charge in [-0.2, -0.15) is 0 Å². The summed E-state index contributed by atoms with van der Waals surface area (Å²) in [4.78, 5) is 8.68. The zero-order valence-electron chi connectivity index (χ0n) is 12.6. The number of fused-ring (bicyclic) bond motifs is 3. The minimum Gasteiger partial charge on any atom is -0.388 e. The Labute approximate surface area is 132 Å². The van der Waals surface area contributed by atoms with E-state index in [1.54, 1.807) is 6.20 Å². The lowest BCUT2D eigenvalue weighted by Gasteiger charge is -2.15. The third-order valence-electron chi connectivity index (χ3n) is 4.44. The van der Waals surface area contributed by atoms with Gasteiger partial charge in [0.2, 0.25) is 0 Å². The van der Waals surface area contributed by atoms with E-state index < -0.39 is 24.4 Å². The highest BCUT2D eigenvalue weighted by molar-refractivity contribution is 5.82. The van der Waals surface area contributed by atoms with E-state index in [2.05, 4.69) is 9.97 Å². The number of aliphatic hydroxyl groups is 2. The molecule has 4 atom stereocenters. The largest absolute Gasteiger partial charge is 0.388 e. The monoisotopic (exact) mass is 314 g/mol. The molecule has 1 unspecified atom stereocenters. The molecular formula is C16H18N4O3. The number of aromatic nitrogens is 3. The van der Waals surface area contributed by atoms with Crippen LogP contribution in [0.1, 0.15) is 25.1 Å². The third-order valence-corrected chi connectivity index (χ3v) is 4.44. The number of hydrogen-bond acceptors (Lipinski definition) is 6. The van der Waals surface area contributed by atoms with Gasteiger partial charge in [-0.25, -0.2) is 9.97 Å². The van der Waals surface area contributed by atoms with Gasteiger partial charge in [-0.05, 0) is 18.6 Å². The molecule has 1 aromatic carbocycles. The summed E-state index contributed by atoms with van der Waals surface area (Å²) in [6.45, 7) is 1.91. The number of para-hydroxylation sites is 2. The fraction of sp³-hybridized carbons (Fsp3) is 0.375. The quantitative estimate of drug-likeness (QED) is 0.652. The summed E-state index contributed by atoms with van der Waals surface area (Å²) in [5.74, 6) is 0.315. The molecule has 3 aromatic rings. The first-order valence-corrected chi connectivity index (χ1v) is 7.65. The van der Waals surface area contributed by atoms with E-state index in [1.165, 1.54) is 0 Å². The van der Waals surface area contributed by atoms with E-state index in [0.717, 1.165) is 11.0 Å². The molecule has 2 aromatic heterocycles. The van der Waals surface area contributed by atoms with Crippen LogP contribution in [0, 0.1) is 0 Å². The second kappa shape index (κ2) is 5.16. The topological polar surface area (TPSA) is 106 Å². The number of nitrogens with two attached hydrogens (primary N) is 1. The minimum absolute atomic E-state index is 0.315. The van der Waals surface area contributed by atoms with Gasteiger partial charge in [0.25, 0.3) is 0 Å². The number of hydrogen-bond donors (Lipinski definition) is 3. The molecule has 0 spiro atoms. The first-order chi connectivity index (χ1) is 11.1. The molecule has 0 saturated carbocycles. The van der Waals surface area contributed by atoms with Crippen LogP contribution < -0.4 is 5.73 Å². The van der Waals surface area contributed by atoms with Gasteiger partial charge in [0.1, 0.15) is 18.3 Å². The lowest BCUT2D eigenvalue weighted by atomic mass is 10.0. The van der Waals surface area contributed by atoms with Crippen molar-refractivity contribution in [3.8, 4) is 0 Å². The van der Waals surface area contributed by atoms with Crippen LogP contribution in [0.15, 0.2) is 30.5 Å². The summed E-state index contributed by atoms with van der Waals surface area (Å²) in [6.07, 6.45) is -0.732. The van der Waals surface area contributed by atoms with Crippen LogP contribution in [-0.2, 0) is 4.74 Å². The fourth-order valence-electron chi connectivity index (χ4n) is 3.26. The molecule has 0 bridgehead atoms. The number of anilines is 1. The second-order valence-electron chi connectivity index (χ2n) is 5.81. The lowest BCUT2D eigenvalue weighted by molar-refractivity contribution is 0.00323. The third kappa shape index (κ3) is 2.01. The van der Waals surface area contributed by atoms with Crippen molar-refractivity contribution in [2.75, 3.05) is 5.73 Å². The van der Waals surface area contributed by atoms with Crippen molar-refractivity contribution in [3.63, 3.8) is 0 Å². The van der Waals surface area contributed by atoms with Gasteiger partial charge in [0, 0.05) is 0 Å². The van der Waals surface area contributed by atoms with Crippen LogP contribution in [-0.4, -0.2) is 42.9 Å². The van der Waals surface area contributed by atoms with Crippen LogP contribution in [0.2, 0.25) is 0 Å². The average molecular weight is 314 g/mol.